The van der Waals surface area contributed by atoms with Crippen molar-refractivity contribution in [3.8, 4) is 5.75 Å². The molecule has 0 bridgehead atoms. The highest BCUT2D eigenvalue weighted by molar-refractivity contribution is 6.01. The predicted octanol–water partition coefficient (Wildman–Crippen LogP) is 4.96. The average molecular weight is 559 g/mol. The maximum Gasteiger partial charge on any atom is 0.326 e. The summed E-state index contributed by atoms with van der Waals surface area (Å²) in [6.45, 7) is 7.10. The number of amides is 2. The second kappa shape index (κ2) is 13.3. The Morgan fingerprint density at radius 3 is 2.54 bits per heavy atom. The van der Waals surface area contributed by atoms with Crippen molar-refractivity contribution in [2.75, 3.05) is 11.9 Å². The molecule has 0 spiro atoms. The first-order valence-electron chi connectivity index (χ1n) is 14.1. The molecule has 1 aromatic heterocycles. The molecule has 9 heteroatoms. The fraction of sp³-hybridized carbons (Fsp3) is 0.375. The Labute approximate surface area is 240 Å². The van der Waals surface area contributed by atoms with Gasteiger partial charge >= 0.3 is 5.97 Å². The molecule has 1 aliphatic heterocycles. The van der Waals surface area contributed by atoms with Gasteiger partial charge in [0, 0.05) is 42.7 Å². The lowest BCUT2D eigenvalue weighted by molar-refractivity contribution is -0.141. The van der Waals surface area contributed by atoms with Crippen LogP contribution in [0.4, 0.5) is 5.69 Å². The fourth-order valence-corrected chi connectivity index (χ4v) is 4.99. The number of aromatic hydroxyl groups is 1. The van der Waals surface area contributed by atoms with Gasteiger partial charge in [-0.3, -0.25) is 14.6 Å². The lowest BCUT2D eigenvalue weighted by Crippen LogP contribution is -2.40. The third-order valence-electron chi connectivity index (χ3n) is 7.44. The molecule has 4 N–H and O–H groups in total. The number of phenols is 1. The number of hydrogen-bond acceptors (Lipinski definition) is 6. The highest BCUT2D eigenvalue weighted by Crippen LogP contribution is 2.26. The lowest BCUT2D eigenvalue weighted by Gasteiger charge is -2.21. The lowest BCUT2D eigenvalue weighted by atomic mass is 10.0. The number of carboxylic acids is 1. The van der Waals surface area contributed by atoms with E-state index in [-0.39, 0.29) is 23.6 Å². The molecule has 216 valence electrons. The van der Waals surface area contributed by atoms with E-state index in [1.807, 2.05) is 31.5 Å². The minimum Gasteiger partial charge on any atom is -0.506 e. The molecule has 41 heavy (non-hydrogen) atoms. The minimum absolute atomic E-state index is 0.155. The van der Waals surface area contributed by atoms with Crippen LogP contribution in [-0.2, 0) is 17.8 Å². The smallest absolute Gasteiger partial charge is 0.326 e. The van der Waals surface area contributed by atoms with Crippen LogP contribution < -0.4 is 10.6 Å². The molecule has 2 aromatic carbocycles. The molecule has 0 saturated carbocycles. The van der Waals surface area contributed by atoms with Gasteiger partial charge in [0.25, 0.3) is 11.8 Å². The van der Waals surface area contributed by atoms with E-state index < -0.39 is 12.0 Å². The highest BCUT2D eigenvalue weighted by atomic mass is 16.4. The third-order valence-corrected chi connectivity index (χ3v) is 7.44. The summed E-state index contributed by atoms with van der Waals surface area (Å²) in [4.78, 5) is 43.0. The summed E-state index contributed by atoms with van der Waals surface area (Å²) in [7, 11) is 0. The molecular weight excluding hydrogens is 520 g/mol. The molecule has 2 heterocycles. The monoisotopic (exact) mass is 558 g/mol. The quantitative estimate of drug-likeness (QED) is 0.245. The van der Waals surface area contributed by atoms with Crippen molar-refractivity contribution in [2.45, 2.75) is 71.0 Å². The van der Waals surface area contributed by atoms with Crippen molar-refractivity contribution in [1.82, 2.24) is 15.2 Å². The average Bonchev–Trinajstić information content (AvgIpc) is 3.46. The number of carboxylic acid groups (broad SMARTS) is 1. The van der Waals surface area contributed by atoms with Crippen molar-refractivity contribution < 1.29 is 24.6 Å². The largest absolute Gasteiger partial charge is 0.506 e. The maximum absolute atomic E-state index is 12.9. The van der Waals surface area contributed by atoms with E-state index in [0.29, 0.717) is 61.5 Å². The molecule has 9 nitrogen and oxygen atoms in total. The van der Waals surface area contributed by atoms with Crippen LogP contribution in [0, 0.1) is 0 Å². The number of carbonyl (C=O) groups excluding carboxylic acids is 2. The van der Waals surface area contributed by atoms with Gasteiger partial charge in [0.15, 0.2) is 0 Å². The Morgan fingerprint density at radius 2 is 1.80 bits per heavy atom. The molecule has 3 aromatic rings. The first-order valence-corrected chi connectivity index (χ1v) is 14.1. The van der Waals surface area contributed by atoms with Gasteiger partial charge in [0.2, 0.25) is 0 Å². The zero-order valence-electron chi connectivity index (χ0n) is 23.8. The summed E-state index contributed by atoms with van der Waals surface area (Å²) in [5.41, 5.74) is 4.44. The Hall–Kier alpha value is -4.40. The summed E-state index contributed by atoms with van der Waals surface area (Å²) >= 11 is 0. The molecule has 0 radical (unpaired) electrons. The molecule has 0 aliphatic carbocycles. The number of nitrogens with zero attached hydrogens (tertiary/aromatic N) is 2. The van der Waals surface area contributed by atoms with Crippen LogP contribution in [0.5, 0.6) is 5.75 Å². The Morgan fingerprint density at radius 1 is 1.02 bits per heavy atom. The molecule has 2 atom stereocenters. The Balaban J connectivity index is 1.29. The van der Waals surface area contributed by atoms with E-state index >= 15 is 0 Å². The zero-order valence-corrected chi connectivity index (χ0v) is 23.8. The van der Waals surface area contributed by atoms with Crippen LogP contribution in [0.3, 0.4) is 0 Å². The number of pyridine rings is 1. The number of aryl methyl sites for hydroxylation is 1. The molecular formula is C32H38N4O5. The second-order valence-corrected chi connectivity index (χ2v) is 11.0. The van der Waals surface area contributed by atoms with Gasteiger partial charge in [-0.1, -0.05) is 32.0 Å². The van der Waals surface area contributed by atoms with Crippen LogP contribution in [0.1, 0.15) is 83.4 Å². The fourth-order valence-electron chi connectivity index (χ4n) is 4.99. The van der Waals surface area contributed by atoms with Crippen molar-refractivity contribution in [2.24, 2.45) is 0 Å². The second-order valence-electron chi connectivity index (χ2n) is 11.0. The number of likely N-dealkylation sites (tertiary alicyclic amines) is 1. The van der Waals surface area contributed by atoms with Gasteiger partial charge in [0.05, 0.1) is 5.69 Å². The molecule has 1 unspecified atom stereocenters. The Bertz CT molecular complexity index is 1410. The van der Waals surface area contributed by atoms with E-state index in [1.165, 1.54) is 16.5 Å². The Kier molecular flexibility index (Phi) is 9.60. The van der Waals surface area contributed by atoms with Crippen molar-refractivity contribution in [1.29, 1.82) is 0 Å². The third kappa shape index (κ3) is 7.63. The van der Waals surface area contributed by atoms with Gasteiger partial charge in [-0.25, -0.2) is 4.79 Å². The van der Waals surface area contributed by atoms with Crippen LogP contribution in [0.25, 0.3) is 0 Å². The van der Waals surface area contributed by atoms with Crippen LogP contribution in [0.15, 0.2) is 60.9 Å². The molecule has 1 aliphatic rings. The number of carbonyl (C=O) groups is 3. The number of hydrogen-bond donors (Lipinski definition) is 4. The maximum atomic E-state index is 12.9. The molecule has 4 rings (SSSR count). The standard InChI is InChI=1S/C32H38N4O5/c1-20(2)26-14-23(17-33-19-26)18-34-27-12-11-22(15-29(27)37)10-9-21(3)35-30(38)24-6-4-7-25(16-24)31(39)36-13-5-8-28(36)32(40)41/h4,6-7,11-12,14-17,19-21,28,34,37H,5,8-10,13,18H2,1-3H3,(H,35,38)(H,40,41)/t21-,28?/m0/s1. The van der Waals surface area contributed by atoms with Crippen molar-refractivity contribution in [3.63, 3.8) is 0 Å². The predicted molar refractivity (Wildman–Crippen MR) is 157 cm³/mol. The SMILES string of the molecule is CC(C)c1cncc(CNc2ccc(CC[C@H](C)NC(=O)c3cccc(C(=O)N4CCCC4C(=O)O)c3)cc2O)c1. The van der Waals surface area contributed by atoms with E-state index in [2.05, 4.69) is 35.5 Å². The van der Waals surface area contributed by atoms with Crippen LogP contribution in [-0.4, -0.2) is 56.5 Å². The number of phenolic OH excluding ortho intramolecular Hbond substituents is 1. The number of rotatable bonds is 11. The molecule has 1 fully saturated rings. The number of aromatic nitrogens is 1. The van der Waals surface area contributed by atoms with Crippen LogP contribution >= 0.6 is 0 Å². The summed E-state index contributed by atoms with van der Waals surface area (Å²) in [6, 6.07) is 13.1. The normalized spacial score (nSPS) is 15.5. The minimum atomic E-state index is -1.01. The van der Waals surface area contributed by atoms with Gasteiger partial charge in [-0.2, -0.15) is 0 Å². The first kappa shape index (κ1) is 29.6. The number of aliphatic carboxylic acids is 1. The van der Waals surface area contributed by atoms with Gasteiger partial charge in [-0.05, 0) is 85.5 Å². The summed E-state index contributed by atoms with van der Waals surface area (Å²) in [5, 5.41) is 26.2. The summed E-state index contributed by atoms with van der Waals surface area (Å²) in [5.74, 6) is -1.14. The van der Waals surface area contributed by atoms with Gasteiger partial charge in [-0.15, -0.1) is 0 Å². The van der Waals surface area contributed by atoms with E-state index in [9.17, 15) is 24.6 Å². The first-order chi connectivity index (χ1) is 19.6. The topological polar surface area (TPSA) is 132 Å². The number of anilines is 1. The summed E-state index contributed by atoms with van der Waals surface area (Å²) < 4.78 is 0. The highest BCUT2D eigenvalue weighted by Gasteiger charge is 2.34. The van der Waals surface area contributed by atoms with Crippen LogP contribution in [0.2, 0.25) is 0 Å². The van der Waals surface area contributed by atoms with Crippen molar-refractivity contribution in [3.05, 3.63) is 88.7 Å². The van der Waals surface area contributed by atoms with E-state index in [1.54, 1.807) is 24.3 Å². The van der Waals surface area contributed by atoms with E-state index in [0.717, 1.165) is 11.1 Å². The van der Waals surface area contributed by atoms with E-state index in [4.69, 9.17) is 0 Å². The van der Waals surface area contributed by atoms with Gasteiger partial charge < -0.3 is 25.7 Å². The zero-order chi connectivity index (χ0) is 29.5. The van der Waals surface area contributed by atoms with Gasteiger partial charge in [0.1, 0.15) is 11.8 Å². The summed E-state index contributed by atoms with van der Waals surface area (Å²) in [6.07, 6.45) is 6.06. The number of nitrogens with one attached hydrogen (secondary N) is 2. The number of benzene rings is 2. The van der Waals surface area contributed by atoms with Crippen molar-refractivity contribution >= 4 is 23.5 Å². The molecule has 1 saturated heterocycles. The molecule has 2 amide bonds.